The van der Waals surface area contributed by atoms with Crippen LogP contribution in [0.4, 0.5) is 11.8 Å². The minimum atomic E-state index is 0.345. The van der Waals surface area contributed by atoms with E-state index in [4.69, 9.17) is 5.73 Å². The van der Waals surface area contributed by atoms with E-state index in [9.17, 15) is 0 Å². The number of piperazine rings is 1. The summed E-state index contributed by atoms with van der Waals surface area (Å²) in [7, 11) is 2.17. The molecule has 2 aliphatic heterocycles. The summed E-state index contributed by atoms with van der Waals surface area (Å²) in [6.07, 6.45) is 5.84. The molecule has 196 valence electrons. The molecule has 0 bridgehead atoms. The van der Waals surface area contributed by atoms with Crippen LogP contribution in [0.5, 0.6) is 0 Å². The molecule has 1 atom stereocenters. The number of nitrogens with one attached hydrogen (secondary N) is 1. The highest BCUT2D eigenvalue weighted by molar-refractivity contribution is 5.66. The average molecular weight is 508 g/mol. The van der Waals surface area contributed by atoms with Gasteiger partial charge in [-0.05, 0) is 73.0 Å². The maximum Gasteiger partial charge on any atom is 0.222 e. The Morgan fingerprint density at radius 3 is 2.55 bits per heavy atom. The van der Waals surface area contributed by atoms with Crippen molar-refractivity contribution in [1.29, 1.82) is 0 Å². The van der Waals surface area contributed by atoms with Gasteiger partial charge in [-0.15, -0.1) is 0 Å². The van der Waals surface area contributed by atoms with Crippen LogP contribution < -0.4 is 16.0 Å². The number of nitrogens with two attached hydrogens (primary N) is 1. The number of fused-ring (bicyclic) bond motifs is 2. The van der Waals surface area contributed by atoms with Gasteiger partial charge in [0.25, 0.3) is 0 Å². The lowest BCUT2D eigenvalue weighted by Crippen LogP contribution is -2.44. The van der Waals surface area contributed by atoms with Crippen LogP contribution in [-0.2, 0) is 19.4 Å². The Morgan fingerprint density at radius 1 is 0.868 bits per heavy atom. The third-order valence-electron chi connectivity index (χ3n) is 8.67. The van der Waals surface area contributed by atoms with E-state index in [1.165, 1.54) is 53.8 Å². The molecular formula is C31H37N7. The zero-order valence-corrected chi connectivity index (χ0v) is 22.3. The predicted molar refractivity (Wildman–Crippen MR) is 153 cm³/mol. The molecular weight excluding hydrogens is 470 g/mol. The number of allylic oxidation sites excluding steroid dienone is 1. The maximum absolute atomic E-state index is 6.20. The average Bonchev–Trinajstić information content (AvgIpc) is 3.71. The molecule has 7 heteroatoms. The summed E-state index contributed by atoms with van der Waals surface area (Å²) in [5, 5.41) is 3.99. The van der Waals surface area contributed by atoms with Gasteiger partial charge in [-0.2, -0.15) is 4.98 Å². The lowest BCUT2D eigenvalue weighted by molar-refractivity contribution is 0.286. The van der Waals surface area contributed by atoms with Crippen LogP contribution in [0.3, 0.4) is 0 Å². The molecule has 3 heterocycles. The van der Waals surface area contributed by atoms with E-state index in [0.717, 1.165) is 62.8 Å². The van der Waals surface area contributed by atoms with Crippen LogP contribution in [0.25, 0.3) is 11.3 Å². The molecule has 0 spiro atoms. The van der Waals surface area contributed by atoms with Crippen LogP contribution in [0, 0.1) is 0 Å². The quantitative estimate of drug-likeness (QED) is 0.538. The van der Waals surface area contributed by atoms with E-state index in [2.05, 4.69) is 85.6 Å². The van der Waals surface area contributed by atoms with Crippen molar-refractivity contribution in [1.82, 2.24) is 25.1 Å². The molecule has 7 nitrogen and oxygen atoms in total. The molecule has 3 aromatic rings. The minimum absolute atomic E-state index is 0.345. The molecule has 2 fully saturated rings. The van der Waals surface area contributed by atoms with E-state index in [0.29, 0.717) is 12.0 Å². The number of aromatic nitrogens is 2. The molecule has 1 saturated carbocycles. The molecule has 7 rings (SSSR count). The summed E-state index contributed by atoms with van der Waals surface area (Å²) >= 11 is 0. The summed E-state index contributed by atoms with van der Waals surface area (Å²) < 4.78 is 0. The minimum Gasteiger partial charge on any atom is -0.368 e. The van der Waals surface area contributed by atoms with Gasteiger partial charge in [-0.25, -0.2) is 4.98 Å². The molecule has 0 amide bonds. The molecule has 1 aromatic heterocycles. The number of nitrogen functional groups attached to an aromatic ring is 1. The van der Waals surface area contributed by atoms with Gasteiger partial charge in [0, 0.05) is 50.9 Å². The number of hydrogen-bond donors (Lipinski definition) is 2. The number of anilines is 2. The second kappa shape index (κ2) is 9.62. The van der Waals surface area contributed by atoms with E-state index < -0.39 is 0 Å². The lowest BCUT2D eigenvalue weighted by atomic mass is 9.96. The zero-order valence-electron chi connectivity index (χ0n) is 22.3. The predicted octanol–water partition coefficient (Wildman–Crippen LogP) is 4.12. The van der Waals surface area contributed by atoms with Gasteiger partial charge in [0.2, 0.25) is 5.95 Å². The topological polar surface area (TPSA) is 73.5 Å². The second-order valence-corrected chi connectivity index (χ2v) is 11.3. The van der Waals surface area contributed by atoms with Crippen LogP contribution in [0.15, 0.2) is 59.9 Å². The Hall–Kier alpha value is -3.58. The van der Waals surface area contributed by atoms with Crippen molar-refractivity contribution < 1.29 is 0 Å². The number of rotatable bonds is 5. The van der Waals surface area contributed by atoms with Gasteiger partial charge in [-0.3, -0.25) is 0 Å². The highest BCUT2D eigenvalue weighted by atomic mass is 15.3. The normalized spacial score (nSPS) is 20.8. The van der Waals surface area contributed by atoms with Gasteiger partial charge in [0.05, 0.1) is 11.7 Å². The molecule has 1 unspecified atom stereocenters. The first-order valence-corrected chi connectivity index (χ1v) is 14.1. The van der Waals surface area contributed by atoms with Gasteiger partial charge in [-0.1, -0.05) is 36.4 Å². The Bertz CT molecular complexity index is 1380. The fourth-order valence-electron chi connectivity index (χ4n) is 6.29. The van der Waals surface area contributed by atoms with Crippen molar-refractivity contribution in [2.24, 2.45) is 0 Å². The lowest BCUT2D eigenvalue weighted by Gasteiger charge is -2.35. The fourth-order valence-corrected chi connectivity index (χ4v) is 6.29. The fraction of sp³-hybridized carbons (Fsp3) is 0.419. The van der Waals surface area contributed by atoms with Gasteiger partial charge in [0.1, 0.15) is 11.6 Å². The second-order valence-electron chi connectivity index (χ2n) is 11.3. The molecule has 4 aliphatic rings. The molecule has 1 saturated heterocycles. The van der Waals surface area contributed by atoms with Gasteiger partial charge < -0.3 is 25.8 Å². The molecule has 3 N–H and O–H groups in total. The number of hydrogen-bond acceptors (Lipinski definition) is 7. The monoisotopic (exact) mass is 507 g/mol. The highest BCUT2D eigenvalue weighted by Crippen LogP contribution is 2.38. The van der Waals surface area contributed by atoms with Crippen LogP contribution in [0.2, 0.25) is 0 Å². The summed E-state index contributed by atoms with van der Waals surface area (Å²) in [5.41, 5.74) is 15.6. The van der Waals surface area contributed by atoms with Gasteiger partial charge >= 0.3 is 0 Å². The van der Waals surface area contributed by atoms with E-state index in [-0.39, 0.29) is 0 Å². The summed E-state index contributed by atoms with van der Waals surface area (Å²) in [4.78, 5) is 16.5. The number of aryl methyl sites for hydroxylation is 1. The van der Waals surface area contributed by atoms with E-state index >= 15 is 0 Å². The molecule has 2 aromatic carbocycles. The van der Waals surface area contributed by atoms with Crippen LogP contribution >= 0.6 is 0 Å². The SMILES string of the molecule is CN1CCN(c2cc(-c3ccc4c(c3)CN(C(NC3CCc5ccccc53)=C3CC3)CC4)nc(N)n2)CC1. The number of likely N-dealkylation sites (N-methyl/N-ethyl adjacent to an activating group) is 1. The number of benzene rings is 2. The first-order valence-electron chi connectivity index (χ1n) is 14.1. The third-order valence-corrected chi connectivity index (χ3v) is 8.67. The summed E-state index contributed by atoms with van der Waals surface area (Å²) in [6, 6.07) is 18.3. The standard InChI is InChI=1S/C31H37N7/c1-36-14-16-37(17-15-36)29-19-28(34-31(32)35-29)24-9-6-21-12-13-38(20-25(21)18-24)30(23-7-8-23)33-27-11-10-22-4-2-3-5-26(22)27/h2-6,9,18-19,27,33H,7-8,10-17,20H2,1H3,(H2,32,34,35). The van der Waals surface area contributed by atoms with Crippen molar-refractivity contribution in [2.75, 3.05) is 50.4 Å². The highest BCUT2D eigenvalue weighted by Gasteiger charge is 2.30. The first kappa shape index (κ1) is 23.5. The Labute approximate surface area is 225 Å². The maximum atomic E-state index is 6.20. The Kier molecular flexibility index (Phi) is 5.96. The summed E-state index contributed by atoms with van der Waals surface area (Å²) in [6.45, 7) is 5.97. The van der Waals surface area contributed by atoms with Crippen molar-refractivity contribution >= 4 is 11.8 Å². The number of nitrogens with zero attached hydrogens (tertiary/aromatic N) is 5. The van der Waals surface area contributed by atoms with E-state index in [1.54, 1.807) is 5.57 Å². The van der Waals surface area contributed by atoms with Crippen LogP contribution in [0.1, 0.15) is 47.6 Å². The van der Waals surface area contributed by atoms with E-state index in [1.807, 2.05) is 0 Å². The summed E-state index contributed by atoms with van der Waals surface area (Å²) in [5.74, 6) is 2.66. The largest absolute Gasteiger partial charge is 0.368 e. The molecule has 38 heavy (non-hydrogen) atoms. The first-order chi connectivity index (χ1) is 18.6. The smallest absolute Gasteiger partial charge is 0.222 e. The zero-order chi connectivity index (χ0) is 25.6. The van der Waals surface area contributed by atoms with Gasteiger partial charge in [0.15, 0.2) is 0 Å². The van der Waals surface area contributed by atoms with Crippen molar-refractivity contribution in [3.63, 3.8) is 0 Å². The van der Waals surface area contributed by atoms with Crippen molar-refractivity contribution in [2.45, 2.75) is 44.7 Å². The Balaban J connectivity index is 1.13. The third kappa shape index (κ3) is 4.60. The Morgan fingerprint density at radius 2 is 1.71 bits per heavy atom. The molecule has 2 aliphatic carbocycles. The molecule has 0 radical (unpaired) electrons. The van der Waals surface area contributed by atoms with Crippen molar-refractivity contribution in [3.05, 3.63) is 82.2 Å². The van der Waals surface area contributed by atoms with Crippen LogP contribution in [-0.4, -0.2) is 59.5 Å². The van der Waals surface area contributed by atoms with Crippen molar-refractivity contribution in [3.8, 4) is 11.3 Å².